The van der Waals surface area contributed by atoms with E-state index in [4.69, 9.17) is 5.11 Å². The van der Waals surface area contributed by atoms with Crippen molar-refractivity contribution in [2.24, 2.45) is 5.92 Å². The monoisotopic (exact) mass is 196 g/mol. The zero-order chi connectivity index (χ0) is 10.6. The molecule has 0 amide bonds. The number of nitrogens with zero attached hydrogens (tertiary/aromatic N) is 2. The van der Waals surface area contributed by atoms with Crippen molar-refractivity contribution >= 4 is 0 Å². The normalized spacial score (nSPS) is 13.1. The highest BCUT2D eigenvalue weighted by Crippen LogP contribution is 2.10. The maximum atomic E-state index is 8.92. The lowest BCUT2D eigenvalue weighted by atomic mass is 10.1. The van der Waals surface area contributed by atoms with Gasteiger partial charge in [0.15, 0.2) is 0 Å². The first-order valence-corrected chi connectivity index (χ1v) is 5.31. The first-order valence-electron chi connectivity index (χ1n) is 5.31. The molecule has 0 aliphatic rings. The second-order valence-corrected chi connectivity index (χ2v) is 3.92. The molecule has 1 aromatic heterocycles. The Morgan fingerprint density at radius 3 is 2.86 bits per heavy atom. The molecule has 0 saturated carbocycles. The molecule has 0 bridgehead atoms. The molecule has 1 heterocycles. The number of hydrogen-bond acceptors (Lipinski definition) is 2. The summed E-state index contributed by atoms with van der Waals surface area (Å²) in [5.74, 6) is 0.385. The van der Waals surface area contributed by atoms with Gasteiger partial charge in [0.05, 0.1) is 5.69 Å². The number of rotatable bonds is 5. The van der Waals surface area contributed by atoms with Crippen LogP contribution in [0.15, 0.2) is 6.07 Å². The molecule has 0 aliphatic heterocycles. The predicted molar refractivity (Wildman–Crippen MR) is 57.2 cm³/mol. The Kier molecular flexibility index (Phi) is 4.14. The minimum atomic E-state index is 0.277. The van der Waals surface area contributed by atoms with Crippen molar-refractivity contribution in [3.8, 4) is 0 Å². The van der Waals surface area contributed by atoms with E-state index in [1.807, 2.05) is 11.6 Å². The van der Waals surface area contributed by atoms with E-state index in [2.05, 4.69) is 25.0 Å². The first kappa shape index (κ1) is 11.2. The molecule has 1 aromatic rings. The largest absolute Gasteiger partial charge is 0.396 e. The van der Waals surface area contributed by atoms with Crippen LogP contribution in [0.5, 0.6) is 0 Å². The van der Waals surface area contributed by atoms with Crippen molar-refractivity contribution in [2.75, 3.05) is 6.61 Å². The van der Waals surface area contributed by atoms with E-state index in [0.29, 0.717) is 5.92 Å². The third-order valence-corrected chi connectivity index (χ3v) is 2.49. The fourth-order valence-corrected chi connectivity index (χ4v) is 1.56. The molecular weight excluding hydrogens is 176 g/mol. The van der Waals surface area contributed by atoms with E-state index in [0.717, 1.165) is 25.1 Å². The molecule has 3 heteroatoms. The summed E-state index contributed by atoms with van der Waals surface area (Å²) < 4.78 is 2.04. The minimum absolute atomic E-state index is 0.277. The van der Waals surface area contributed by atoms with Crippen LogP contribution in [-0.2, 0) is 13.0 Å². The van der Waals surface area contributed by atoms with Crippen molar-refractivity contribution in [1.29, 1.82) is 0 Å². The van der Waals surface area contributed by atoms with Crippen molar-refractivity contribution in [1.82, 2.24) is 9.78 Å². The van der Waals surface area contributed by atoms with Crippen LogP contribution in [0.4, 0.5) is 0 Å². The van der Waals surface area contributed by atoms with Crippen LogP contribution in [0.3, 0.4) is 0 Å². The smallest absolute Gasteiger partial charge is 0.0596 e. The summed E-state index contributed by atoms with van der Waals surface area (Å²) in [7, 11) is 0. The highest BCUT2D eigenvalue weighted by Gasteiger charge is 2.06. The molecule has 3 nitrogen and oxygen atoms in total. The molecule has 1 N–H and O–H groups in total. The number of aryl methyl sites for hydroxylation is 3. The maximum absolute atomic E-state index is 8.92. The molecule has 0 aromatic carbocycles. The van der Waals surface area contributed by atoms with Gasteiger partial charge in [-0.05, 0) is 38.7 Å². The van der Waals surface area contributed by atoms with Gasteiger partial charge in [0.25, 0.3) is 0 Å². The molecule has 0 aliphatic carbocycles. The van der Waals surface area contributed by atoms with E-state index in [1.54, 1.807) is 0 Å². The Morgan fingerprint density at radius 2 is 2.29 bits per heavy atom. The van der Waals surface area contributed by atoms with Gasteiger partial charge >= 0.3 is 0 Å². The van der Waals surface area contributed by atoms with Crippen LogP contribution >= 0.6 is 0 Å². The summed E-state index contributed by atoms with van der Waals surface area (Å²) in [6.07, 6.45) is 2.04. The molecule has 14 heavy (non-hydrogen) atoms. The topological polar surface area (TPSA) is 38.0 Å². The lowest BCUT2D eigenvalue weighted by Crippen LogP contribution is -2.07. The van der Waals surface area contributed by atoms with Crippen LogP contribution < -0.4 is 0 Å². The fourth-order valence-electron chi connectivity index (χ4n) is 1.56. The summed E-state index contributed by atoms with van der Waals surface area (Å²) in [4.78, 5) is 0. The number of aliphatic hydroxyl groups excluding tert-OH is 1. The van der Waals surface area contributed by atoms with Crippen molar-refractivity contribution < 1.29 is 5.11 Å². The van der Waals surface area contributed by atoms with Gasteiger partial charge in [0.1, 0.15) is 0 Å². The zero-order valence-corrected chi connectivity index (χ0v) is 9.32. The molecule has 1 atom stereocenters. The summed E-state index contributed by atoms with van der Waals surface area (Å²) >= 11 is 0. The molecule has 0 saturated heterocycles. The van der Waals surface area contributed by atoms with Gasteiger partial charge in [-0.3, -0.25) is 4.68 Å². The van der Waals surface area contributed by atoms with E-state index in [-0.39, 0.29) is 6.61 Å². The Morgan fingerprint density at radius 1 is 1.57 bits per heavy atom. The molecule has 0 radical (unpaired) electrons. The molecule has 0 fully saturated rings. The van der Waals surface area contributed by atoms with E-state index in [9.17, 15) is 0 Å². The SMILES string of the molecule is CCn1nc(C)cc1CCC(C)CO. The van der Waals surface area contributed by atoms with Crippen LogP contribution in [0, 0.1) is 12.8 Å². The van der Waals surface area contributed by atoms with Gasteiger partial charge in [-0.15, -0.1) is 0 Å². The van der Waals surface area contributed by atoms with Gasteiger partial charge in [0.2, 0.25) is 0 Å². The van der Waals surface area contributed by atoms with Crippen molar-refractivity contribution in [3.63, 3.8) is 0 Å². The zero-order valence-electron chi connectivity index (χ0n) is 9.32. The van der Waals surface area contributed by atoms with Gasteiger partial charge in [-0.1, -0.05) is 6.92 Å². The number of hydrogen-bond donors (Lipinski definition) is 1. The average Bonchev–Trinajstić information content (AvgIpc) is 2.55. The van der Waals surface area contributed by atoms with Crippen molar-refractivity contribution in [3.05, 3.63) is 17.5 Å². The third-order valence-electron chi connectivity index (χ3n) is 2.49. The fraction of sp³-hybridized carbons (Fsp3) is 0.727. The Bertz CT molecular complexity index is 281. The van der Waals surface area contributed by atoms with Crippen LogP contribution in [0.25, 0.3) is 0 Å². The van der Waals surface area contributed by atoms with E-state index >= 15 is 0 Å². The van der Waals surface area contributed by atoms with E-state index < -0.39 is 0 Å². The van der Waals surface area contributed by atoms with Crippen LogP contribution in [0.1, 0.15) is 31.7 Å². The Hall–Kier alpha value is -0.830. The lowest BCUT2D eigenvalue weighted by molar-refractivity contribution is 0.230. The summed E-state index contributed by atoms with van der Waals surface area (Å²) in [6.45, 7) is 7.39. The molecule has 1 rings (SSSR count). The molecule has 0 spiro atoms. The minimum Gasteiger partial charge on any atom is -0.396 e. The highest BCUT2D eigenvalue weighted by atomic mass is 16.3. The van der Waals surface area contributed by atoms with E-state index in [1.165, 1.54) is 5.69 Å². The quantitative estimate of drug-likeness (QED) is 0.779. The van der Waals surface area contributed by atoms with Crippen LogP contribution in [0.2, 0.25) is 0 Å². The maximum Gasteiger partial charge on any atom is 0.0596 e. The summed E-state index contributed by atoms with van der Waals surface area (Å²) in [5, 5.41) is 13.3. The third kappa shape index (κ3) is 2.84. The standard InChI is InChI=1S/C11H20N2O/c1-4-13-11(7-10(3)12-13)6-5-9(2)8-14/h7,9,14H,4-6,8H2,1-3H3. The average molecular weight is 196 g/mol. The van der Waals surface area contributed by atoms with Gasteiger partial charge < -0.3 is 5.11 Å². The second kappa shape index (κ2) is 5.15. The van der Waals surface area contributed by atoms with Gasteiger partial charge in [-0.25, -0.2) is 0 Å². The van der Waals surface area contributed by atoms with Gasteiger partial charge in [0, 0.05) is 18.8 Å². The lowest BCUT2D eigenvalue weighted by Gasteiger charge is -2.08. The first-order chi connectivity index (χ1) is 6.67. The Balaban J connectivity index is 2.57. The number of aromatic nitrogens is 2. The van der Waals surface area contributed by atoms with Gasteiger partial charge in [-0.2, -0.15) is 5.10 Å². The highest BCUT2D eigenvalue weighted by molar-refractivity contribution is 5.09. The summed E-state index contributed by atoms with van der Waals surface area (Å²) in [5.41, 5.74) is 2.36. The second-order valence-electron chi connectivity index (χ2n) is 3.92. The molecule has 80 valence electrons. The summed E-state index contributed by atoms with van der Waals surface area (Å²) in [6, 6.07) is 2.13. The van der Waals surface area contributed by atoms with Crippen LogP contribution in [-0.4, -0.2) is 21.5 Å². The Labute approximate surface area is 85.8 Å². The molecular formula is C11H20N2O. The number of aliphatic hydroxyl groups is 1. The predicted octanol–water partition coefficient (Wildman–Crippen LogP) is 1.77. The molecule has 1 unspecified atom stereocenters. The van der Waals surface area contributed by atoms with Crippen molar-refractivity contribution in [2.45, 2.75) is 40.2 Å².